The molecule has 0 aliphatic rings. The van der Waals surface area contributed by atoms with Crippen LogP contribution in [-0.2, 0) is 0 Å². The van der Waals surface area contributed by atoms with Crippen molar-refractivity contribution in [1.29, 1.82) is 0 Å². The Hall–Kier alpha value is -2.07. The van der Waals surface area contributed by atoms with E-state index in [-0.39, 0.29) is 6.03 Å². The second-order valence-corrected chi connectivity index (χ2v) is 5.25. The highest BCUT2D eigenvalue weighted by atomic mass is 16.3. The van der Waals surface area contributed by atoms with Crippen LogP contribution in [0.3, 0.4) is 0 Å². The number of rotatable bonds is 5. The van der Waals surface area contributed by atoms with Crippen molar-refractivity contribution in [3.8, 4) is 0 Å². The number of hydrogen-bond acceptors (Lipinski definition) is 2. The van der Waals surface area contributed by atoms with Gasteiger partial charge in [-0.15, -0.1) is 0 Å². The molecule has 0 saturated carbocycles. The van der Waals surface area contributed by atoms with Crippen molar-refractivity contribution in [2.24, 2.45) is 0 Å². The zero-order valence-electron chi connectivity index (χ0n) is 12.5. The van der Waals surface area contributed by atoms with Gasteiger partial charge in [0, 0.05) is 18.5 Å². The largest absolute Gasteiger partial charge is 0.392 e. The normalized spacial score (nSPS) is 12.1. The van der Waals surface area contributed by atoms with Gasteiger partial charge in [-0.2, -0.15) is 0 Å². The molecule has 112 valence electrons. The van der Waals surface area contributed by atoms with E-state index in [0.29, 0.717) is 13.1 Å². The van der Waals surface area contributed by atoms with E-state index in [1.807, 2.05) is 49.4 Å². The third-order valence-electron chi connectivity index (χ3n) is 3.30. The van der Waals surface area contributed by atoms with E-state index in [1.165, 1.54) is 0 Å². The average molecular weight is 286 g/mol. The predicted molar refractivity (Wildman–Crippen MR) is 86.5 cm³/mol. The summed E-state index contributed by atoms with van der Waals surface area (Å²) in [4.78, 5) is 14.0. The minimum atomic E-state index is -0.533. The number of aliphatic hydroxyl groups is 1. The van der Waals surface area contributed by atoms with Gasteiger partial charge in [-0.05, 0) is 24.8 Å². The summed E-state index contributed by atoms with van der Waals surface area (Å²) in [6.45, 7) is 4.67. The lowest BCUT2D eigenvalue weighted by Crippen LogP contribution is -2.40. The van der Waals surface area contributed by atoms with E-state index in [9.17, 15) is 9.90 Å². The highest BCUT2D eigenvalue weighted by Gasteiger charge is 2.15. The van der Waals surface area contributed by atoms with Crippen molar-refractivity contribution in [3.63, 3.8) is 0 Å². The van der Waals surface area contributed by atoms with Gasteiger partial charge in [0.1, 0.15) is 0 Å². The summed E-state index contributed by atoms with van der Waals surface area (Å²) in [5.74, 6) is 0. The maximum atomic E-state index is 12.4. The molecule has 2 rings (SSSR count). The summed E-state index contributed by atoms with van der Waals surface area (Å²) in [5, 5.41) is 14.6. The third kappa shape index (κ3) is 3.95. The number of amides is 2. The first-order chi connectivity index (χ1) is 10.1. The molecule has 2 aromatic rings. The number of urea groups is 1. The van der Waals surface area contributed by atoms with Crippen LogP contribution in [0.15, 0.2) is 42.5 Å². The van der Waals surface area contributed by atoms with Crippen molar-refractivity contribution >= 4 is 22.5 Å². The quantitative estimate of drug-likeness (QED) is 0.884. The second kappa shape index (κ2) is 7.09. The molecule has 0 aliphatic heterocycles. The Bertz CT molecular complexity index is 605. The molecule has 0 bridgehead atoms. The zero-order valence-corrected chi connectivity index (χ0v) is 12.5. The number of aliphatic hydroxyl groups excluding tert-OH is 1. The van der Waals surface area contributed by atoms with Crippen LogP contribution < -0.4 is 5.32 Å². The molecule has 4 heteroatoms. The predicted octanol–water partition coefficient (Wildman–Crippen LogP) is 3.46. The molecule has 1 atom stereocenters. The third-order valence-corrected chi connectivity index (χ3v) is 3.30. The maximum absolute atomic E-state index is 12.4. The maximum Gasteiger partial charge on any atom is 0.321 e. The smallest absolute Gasteiger partial charge is 0.321 e. The van der Waals surface area contributed by atoms with E-state index in [4.69, 9.17) is 0 Å². The van der Waals surface area contributed by atoms with Gasteiger partial charge >= 0.3 is 6.03 Å². The van der Waals surface area contributed by atoms with Crippen LogP contribution in [0.5, 0.6) is 0 Å². The SMILES string of the molecule is CCCN(CC(C)O)C(=O)Nc1cccc2ccccc12. The Kier molecular flexibility index (Phi) is 5.17. The number of anilines is 1. The number of nitrogens with one attached hydrogen (secondary N) is 1. The lowest BCUT2D eigenvalue weighted by Gasteiger charge is -2.24. The van der Waals surface area contributed by atoms with Crippen molar-refractivity contribution in [1.82, 2.24) is 4.90 Å². The summed E-state index contributed by atoms with van der Waals surface area (Å²) in [5.41, 5.74) is 0.796. The molecule has 21 heavy (non-hydrogen) atoms. The number of hydrogen-bond donors (Lipinski definition) is 2. The standard InChI is InChI=1S/C17H22N2O2/c1-3-11-19(12-13(2)20)17(21)18-16-10-6-8-14-7-4-5-9-15(14)16/h4-10,13,20H,3,11-12H2,1-2H3,(H,18,21). The number of nitrogens with zero attached hydrogens (tertiary/aromatic N) is 1. The van der Waals surface area contributed by atoms with Crippen LogP contribution in [-0.4, -0.2) is 35.2 Å². The van der Waals surface area contributed by atoms with E-state index < -0.39 is 6.10 Å². The summed E-state index contributed by atoms with van der Waals surface area (Å²) in [6.07, 6.45) is 0.324. The molecule has 0 heterocycles. The highest BCUT2D eigenvalue weighted by Crippen LogP contribution is 2.23. The number of carbonyl (C=O) groups excluding carboxylic acids is 1. The molecule has 4 nitrogen and oxygen atoms in total. The summed E-state index contributed by atoms with van der Waals surface area (Å²) in [7, 11) is 0. The Morgan fingerprint density at radius 2 is 1.95 bits per heavy atom. The van der Waals surface area contributed by atoms with Gasteiger partial charge in [-0.3, -0.25) is 0 Å². The van der Waals surface area contributed by atoms with Gasteiger partial charge in [-0.1, -0.05) is 43.3 Å². The molecule has 0 saturated heterocycles. The molecule has 0 spiro atoms. The minimum absolute atomic E-state index is 0.172. The van der Waals surface area contributed by atoms with Gasteiger partial charge in [0.2, 0.25) is 0 Å². The van der Waals surface area contributed by atoms with Crippen LogP contribution in [0.2, 0.25) is 0 Å². The van der Waals surface area contributed by atoms with Crippen molar-refractivity contribution < 1.29 is 9.90 Å². The van der Waals surface area contributed by atoms with Crippen molar-refractivity contribution in [2.45, 2.75) is 26.4 Å². The van der Waals surface area contributed by atoms with Gasteiger partial charge in [0.05, 0.1) is 11.8 Å². The Balaban J connectivity index is 2.20. The van der Waals surface area contributed by atoms with Gasteiger partial charge in [0.25, 0.3) is 0 Å². The van der Waals surface area contributed by atoms with Crippen molar-refractivity contribution in [3.05, 3.63) is 42.5 Å². The lowest BCUT2D eigenvalue weighted by molar-refractivity contribution is 0.138. The fraction of sp³-hybridized carbons (Fsp3) is 0.353. The number of benzene rings is 2. The average Bonchev–Trinajstić information content (AvgIpc) is 2.47. The van der Waals surface area contributed by atoms with Crippen LogP contribution in [0.25, 0.3) is 10.8 Å². The van der Waals surface area contributed by atoms with Crippen LogP contribution >= 0.6 is 0 Å². The molecule has 1 unspecified atom stereocenters. The first-order valence-electron chi connectivity index (χ1n) is 7.33. The fourth-order valence-electron chi connectivity index (χ4n) is 2.39. The Morgan fingerprint density at radius 3 is 2.67 bits per heavy atom. The molecule has 0 fully saturated rings. The topological polar surface area (TPSA) is 52.6 Å². The zero-order chi connectivity index (χ0) is 15.2. The Morgan fingerprint density at radius 1 is 1.24 bits per heavy atom. The molecule has 0 aromatic heterocycles. The molecular weight excluding hydrogens is 264 g/mol. The van der Waals surface area contributed by atoms with Crippen LogP contribution in [0, 0.1) is 0 Å². The molecular formula is C17H22N2O2. The van der Waals surface area contributed by atoms with Gasteiger partial charge in [0.15, 0.2) is 0 Å². The second-order valence-electron chi connectivity index (χ2n) is 5.25. The van der Waals surface area contributed by atoms with E-state index in [0.717, 1.165) is 22.9 Å². The monoisotopic (exact) mass is 286 g/mol. The summed E-state index contributed by atoms with van der Waals surface area (Å²) >= 11 is 0. The van der Waals surface area contributed by atoms with Crippen LogP contribution in [0.1, 0.15) is 20.3 Å². The van der Waals surface area contributed by atoms with E-state index in [2.05, 4.69) is 5.32 Å². The first kappa shape index (κ1) is 15.3. The molecule has 0 aliphatic carbocycles. The van der Waals surface area contributed by atoms with Crippen LogP contribution in [0.4, 0.5) is 10.5 Å². The van der Waals surface area contributed by atoms with Gasteiger partial charge < -0.3 is 15.3 Å². The van der Waals surface area contributed by atoms with E-state index >= 15 is 0 Å². The number of fused-ring (bicyclic) bond motifs is 1. The Labute approximate surface area is 125 Å². The fourth-order valence-corrected chi connectivity index (χ4v) is 2.39. The summed E-state index contributed by atoms with van der Waals surface area (Å²) < 4.78 is 0. The molecule has 2 aromatic carbocycles. The highest BCUT2D eigenvalue weighted by molar-refractivity contribution is 6.01. The lowest BCUT2D eigenvalue weighted by atomic mass is 10.1. The number of carbonyl (C=O) groups is 1. The molecule has 0 radical (unpaired) electrons. The molecule has 2 amide bonds. The molecule has 2 N–H and O–H groups in total. The van der Waals surface area contributed by atoms with Crippen molar-refractivity contribution in [2.75, 3.05) is 18.4 Å². The minimum Gasteiger partial charge on any atom is -0.392 e. The van der Waals surface area contributed by atoms with E-state index in [1.54, 1.807) is 11.8 Å². The van der Waals surface area contributed by atoms with Gasteiger partial charge in [-0.25, -0.2) is 4.79 Å². The first-order valence-corrected chi connectivity index (χ1v) is 7.33. The summed E-state index contributed by atoms with van der Waals surface area (Å²) in [6, 6.07) is 13.6.